The van der Waals surface area contributed by atoms with Gasteiger partial charge in [-0.05, 0) is 59.4 Å². The molecule has 0 heterocycles. The summed E-state index contributed by atoms with van der Waals surface area (Å²) in [7, 11) is -4.98. The molecule has 0 unspecified atom stereocenters. The lowest BCUT2D eigenvalue weighted by Crippen LogP contribution is -2.66. The molecule has 0 rings (SSSR count). The van der Waals surface area contributed by atoms with Crippen LogP contribution in [-0.4, -0.2) is 35.2 Å². The lowest BCUT2D eigenvalue weighted by molar-refractivity contribution is 0.0705. The van der Waals surface area contributed by atoms with E-state index in [1.54, 1.807) is 0 Å². The van der Waals surface area contributed by atoms with E-state index >= 15 is 0 Å². The van der Waals surface area contributed by atoms with Crippen molar-refractivity contribution in [2.75, 3.05) is 0 Å². The maximum atomic E-state index is 6.88. The standard InChI is InChI=1S/C16H40O2Si3/c1-13-16(14-2,18-20(8,9)10)21(11,12)17-15(3,4)19(5,6)7/h13-14H2,1-12H3. The third-order valence-corrected chi connectivity index (χ3v) is 14.2. The first-order valence-electron chi connectivity index (χ1n) is 8.44. The van der Waals surface area contributed by atoms with Gasteiger partial charge in [0.15, 0.2) is 8.32 Å². The van der Waals surface area contributed by atoms with Gasteiger partial charge in [0.2, 0.25) is 8.32 Å². The van der Waals surface area contributed by atoms with Crippen molar-refractivity contribution >= 4 is 24.7 Å². The summed E-state index contributed by atoms with van der Waals surface area (Å²) in [6, 6.07) is 0. The van der Waals surface area contributed by atoms with Crippen LogP contribution in [0.3, 0.4) is 0 Å². The molecule has 0 aromatic rings. The largest absolute Gasteiger partial charge is 0.412 e. The SMILES string of the molecule is CCC(CC)(O[Si](C)(C)C)[Si](C)(C)OC(C)(C)[Si](C)(C)C. The van der Waals surface area contributed by atoms with Gasteiger partial charge < -0.3 is 8.85 Å². The molecule has 0 saturated carbocycles. The third-order valence-electron chi connectivity index (χ3n) is 5.06. The molecular weight excluding hydrogens is 308 g/mol. The fourth-order valence-corrected chi connectivity index (χ4v) is 11.4. The second-order valence-corrected chi connectivity index (χ2v) is 23.6. The van der Waals surface area contributed by atoms with Crippen LogP contribution in [0, 0.1) is 0 Å². The molecule has 0 fully saturated rings. The maximum Gasteiger partial charge on any atom is 0.217 e. The summed E-state index contributed by atoms with van der Waals surface area (Å²) in [5, 5.41) is -0.0739. The van der Waals surface area contributed by atoms with Crippen LogP contribution in [-0.2, 0) is 8.85 Å². The Hall–Kier alpha value is 0.571. The van der Waals surface area contributed by atoms with Crippen molar-refractivity contribution in [3.8, 4) is 0 Å². The minimum Gasteiger partial charge on any atom is -0.412 e. The monoisotopic (exact) mass is 348 g/mol. The third kappa shape index (κ3) is 5.30. The van der Waals surface area contributed by atoms with Gasteiger partial charge in [-0.25, -0.2) is 0 Å². The molecule has 0 bridgehead atoms. The van der Waals surface area contributed by atoms with Crippen LogP contribution in [0.2, 0.25) is 52.4 Å². The van der Waals surface area contributed by atoms with Crippen molar-refractivity contribution in [1.82, 2.24) is 0 Å². The Morgan fingerprint density at radius 3 is 1.33 bits per heavy atom. The smallest absolute Gasteiger partial charge is 0.217 e. The van der Waals surface area contributed by atoms with Gasteiger partial charge in [-0.1, -0.05) is 33.5 Å². The molecule has 21 heavy (non-hydrogen) atoms. The fraction of sp³-hybridized carbons (Fsp3) is 1.00. The minimum absolute atomic E-state index is 0.0128. The lowest BCUT2D eigenvalue weighted by atomic mass is 10.2. The van der Waals surface area contributed by atoms with Crippen LogP contribution < -0.4 is 0 Å². The molecule has 0 aliphatic rings. The van der Waals surface area contributed by atoms with E-state index in [2.05, 4.69) is 80.1 Å². The molecule has 128 valence electrons. The molecule has 0 saturated heterocycles. The van der Waals surface area contributed by atoms with Gasteiger partial charge in [-0.15, -0.1) is 0 Å². The Kier molecular flexibility index (Phi) is 6.77. The van der Waals surface area contributed by atoms with Gasteiger partial charge in [0.05, 0.1) is 13.3 Å². The predicted molar refractivity (Wildman–Crippen MR) is 104 cm³/mol. The first kappa shape index (κ1) is 21.6. The maximum absolute atomic E-state index is 6.88. The van der Waals surface area contributed by atoms with E-state index in [1.165, 1.54) is 0 Å². The Bertz CT molecular complexity index is 334. The highest BCUT2D eigenvalue weighted by Gasteiger charge is 2.53. The summed E-state index contributed by atoms with van der Waals surface area (Å²) in [5.41, 5.74) is 0. The molecule has 0 N–H and O–H groups in total. The summed E-state index contributed by atoms with van der Waals surface area (Å²) < 4.78 is 13.6. The summed E-state index contributed by atoms with van der Waals surface area (Å²) in [5.74, 6) is 0. The lowest BCUT2D eigenvalue weighted by Gasteiger charge is -2.52. The average molecular weight is 349 g/mol. The van der Waals surface area contributed by atoms with Gasteiger partial charge in [-0.3, -0.25) is 0 Å². The van der Waals surface area contributed by atoms with E-state index in [4.69, 9.17) is 8.85 Å². The van der Waals surface area contributed by atoms with E-state index in [9.17, 15) is 0 Å². The molecule has 0 aliphatic carbocycles. The molecule has 0 aromatic carbocycles. The Morgan fingerprint density at radius 2 is 1.10 bits per heavy atom. The van der Waals surface area contributed by atoms with E-state index in [-0.39, 0.29) is 10.4 Å². The first-order valence-corrected chi connectivity index (χ1v) is 18.3. The normalized spacial score (nSPS) is 15.4. The predicted octanol–water partition coefficient (Wildman–Crippen LogP) is 5.81. The molecule has 5 heteroatoms. The molecule has 2 nitrogen and oxygen atoms in total. The van der Waals surface area contributed by atoms with E-state index in [0.29, 0.717) is 0 Å². The average Bonchev–Trinajstić information content (AvgIpc) is 2.21. The summed E-state index contributed by atoms with van der Waals surface area (Å²) in [6.45, 7) is 27.9. The number of hydrogen-bond donors (Lipinski definition) is 0. The quantitative estimate of drug-likeness (QED) is 0.515. The minimum atomic E-state index is -1.99. The molecule has 0 aromatic heterocycles. The van der Waals surface area contributed by atoms with Crippen molar-refractivity contribution in [3.05, 3.63) is 0 Å². The second kappa shape index (κ2) is 6.59. The zero-order chi connectivity index (χ0) is 17.3. The van der Waals surface area contributed by atoms with Crippen molar-refractivity contribution in [2.45, 2.75) is 103 Å². The highest BCUT2D eigenvalue weighted by atomic mass is 28.4. The highest BCUT2D eigenvalue weighted by Crippen LogP contribution is 2.39. The van der Waals surface area contributed by atoms with Crippen LogP contribution in [0.1, 0.15) is 40.5 Å². The van der Waals surface area contributed by atoms with E-state index < -0.39 is 24.7 Å². The van der Waals surface area contributed by atoms with Gasteiger partial charge in [-0.2, -0.15) is 0 Å². The van der Waals surface area contributed by atoms with Gasteiger partial charge in [0.25, 0.3) is 0 Å². The van der Waals surface area contributed by atoms with Crippen molar-refractivity contribution in [1.29, 1.82) is 0 Å². The topological polar surface area (TPSA) is 18.5 Å². The Balaban J connectivity index is 5.59. The van der Waals surface area contributed by atoms with Crippen LogP contribution in [0.4, 0.5) is 0 Å². The molecule has 0 spiro atoms. The first-order chi connectivity index (χ1) is 9.04. The van der Waals surface area contributed by atoms with Crippen LogP contribution in [0.15, 0.2) is 0 Å². The summed E-state index contributed by atoms with van der Waals surface area (Å²) in [4.78, 5) is 0. The van der Waals surface area contributed by atoms with Gasteiger partial charge >= 0.3 is 0 Å². The zero-order valence-electron chi connectivity index (χ0n) is 16.7. The summed E-state index contributed by atoms with van der Waals surface area (Å²) in [6.07, 6.45) is 2.10. The Labute approximate surface area is 137 Å². The zero-order valence-corrected chi connectivity index (χ0v) is 19.7. The molecule has 0 amide bonds. The highest BCUT2D eigenvalue weighted by molar-refractivity contribution is 6.82. The van der Waals surface area contributed by atoms with E-state index in [0.717, 1.165) is 12.8 Å². The fourth-order valence-electron chi connectivity index (χ4n) is 2.84. The van der Waals surface area contributed by atoms with E-state index in [1.807, 2.05) is 0 Å². The van der Waals surface area contributed by atoms with Crippen LogP contribution >= 0.6 is 0 Å². The van der Waals surface area contributed by atoms with Crippen molar-refractivity contribution in [2.24, 2.45) is 0 Å². The number of rotatable bonds is 8. The summed E-state index contributed by atoms with van der Waals surface area (Å²) >= 11 is 0. The van der Waals surface area contributed by atoms with Crippen molar-refractivity contribution in [3.63, 3.8) is 0 Å². The van der Waals surface area contributed by atoms with Gasteiger partial charge in [0.1, 0.15) is 0 Å². The van der Waals surface area contributed by atoms with Gasteiger partial charge in [0, 0.05) is 5.22 Å². The second-order valence-electron chi connectivity index (χ2n) is 9.29. The molecule has 0 aliphatic heterocycles. The molecule has 0 radical (unpaired) electrons. The van der Waals surface area contributed by atoms with Crippen LogP contribution in [0.5, 0.6) is 0 Å². The van der Waals surface area contributed by atoms with Crippen LogP contribution in [0.25, 0.3) is 0 Å². The molecule has 0 atom stereocenters. The Morgan fingerprint density at radius 1 is 0.714 bits per heavy atom. The molecular formula is C16H40O2Si3. The van der Waals surface area contributed by atoms with Crippen molar-refractivity contribution < 1.29 is 8.85 Å². The number of hydrogen-bond acceptors (Lipinski definition) is 2.